The molecule has 0 unspecified atom stereocenters. The maximum absolute atomic E-state index is 4.98. The standard InChI is InChI=1S/C21H23BrN6S2/c1-20-6-7-21(2,27-20)9-11(8-20)28(3)19-25-18-17(30-19)24-16(29-18)12-4-5-14(22)13-10-23-26-15(12)13/h4-5,10-11,27H,6-9H2,1-3H3,(H,23,26)/t11-,20-,21+. The van der Waals surface area contributed by atoms with Crippen molar-refractivity contribution in [3.63, 3.8) is 0 Å². The number of aromatic nitrogens is 4. The van der Waals surface area contributed by atoms with Crippen LogP contribution < -0.4 is 10.2 Å². The Morgan fingerprint density at radius 1 is 1.10 bits per heavy atom. The first kappa shape index (κ1) is 19.2. The smallest absolute Gasteiger partial charge is 0.188 e. The molecule has 3 atom stereocenters. The van der Waals surface area contributed by atoms with Crippen molar-refractivity contribution < 1.29 is 0 Å². The van der Waals surface area contributed by atoms with Gasteiger partial charge in [-0.15, -0.1) is 0 Å². The summed E-state index contributed by atoms with van der Waals surface area (Å²) in [6.45, 7) is 4.75. The topological polar surface area (TPSA) is 69.7 Å². The minimum atomic E-state index is 0.253. The van der Waals surface area contributed by atoms with Crippen LogP contribution in [0.15, 0.2) is 22.8 Å². The molecule has 4 aromatic rings. The van der Waals surface area contributed by atoms with E-state index in [0.29, 0.717) is 6.04 Å². The molecule has 2 bridgehead atoms. The summed E-state index contributed by atoms with van der Waals surface area (Å²) in [5.41, 5.74) is 2.59. The van der Waals surface area contributed by atoms with E-state index < -0.39 is 0 Å². The van der Waals surface area contributed by atoms with Gasteiger partial charge in [0.2, 0.25) is 0 Å². The highest BCUT2D eigenvalue weighted by Crippen LogP contribution is 2.45. The highest BCUT2D eigenvalue weighted by Gasteiger charge is 2.49. The molecule has 2 saturated heterocycles. The van der Waals surface area contributed by atoms with E-state index in [1.165, 1.54) is 25.7 Å². The number of fused-ring (bicyclic) bond motifs is 4. The van der Waals surface area contributed by atoms with Gasteiger partial charge in [0, 0.05) is 39.6 Å². The lowest BCUT2D eigenvalue weighted by Gasteiger charge is -2.45. The van der Waals surface area contributed by atoms with Gasteiger partial charge in [0.15, 0.2) is 14.8 Å². The Hall–Kier alpha value is -1.55. The first-order chi connectivity index (χ1) is 14.3. The molecule has 0 saturated carbocycles. The highest BCUT2D eigenvalue weighted by molar-refractivity contribution is 9.10. The van der Waals surface area contributed by atoms with Crippen LogP contribution in [0.1, 0.15) is 39.5 Å². The first-order valence-electron chi connectivity index (χ1n) is 10.2. The van der Waals surface area contributed by atoms with Crippen LogP contribution in [0, 0.1) is 0 Å². The number of nitrogens with zero attached hydrogens (tertiary/aromatic N) is 4. The second kappa shape index (κ2) is 6.48. The zero-order chi connectivity index (χ0) is 20.7. The maximum Gasteiger partial charge on any atom is 0.188 e. The van der Waals surface area contributed by atoms with Crippen molar-refractivity contribution in [3.8, 4) is 10.6 Å². The summed E-state index contributed by atoms with van der Waals surface area (Å²) in [4.78, 5) is 14.3. The molecule has 2 fully saturated rings. The fourth-order valence-electron chi connectivity index (χ4n) is 5.33. The summed E-state index contributed by atoms with van der Waals surface area (Å²) < 4.78 is 1.04. The Labute approximate surface area is 191 Å². The molecule has 0 aliphatic carbocycles. The second-order valence-corrected chi connectivity index (χ2v) is 12.1. The first-order valence-corrected chi connectivity index (χ1v) is 12.7. The zero-order valence-corrected chi connectivity index (χ0v) is 20.3. The van der Waals surface area contributed by atoms with Crippen LogP contribution in [-0.4, -0.2) is 44.3 Å². The van der Waals surface area contributed by atoms with Crippen LogP contribution in [0.2, 0.25) is 0 Å². The molecule has 6 nitrogen and oxygen atoms in total. The molecule has 2 aliphatic rings. The number of thiazole rings is 2. The molecule has 5 heterocycles. The van der Waals surface area contributed by atoms with E-state index in [0.717, 1.165) is 40.7 Å². The molecule has 0 amide bonds. The number of H-pyrrole nitrogens is 1. The lowest BCUT2D eigenvalue weighted by molar-refractivity contribution is 0.208. The Balaban J connectivity index is 1.32. The summed E-state index contributed by atoms with van der Waals surface area (Å²) in [5.74, 6) is 0. The summed E-state index contributed by atoms with van der Waals surface area (Å²) in [6, 6.07) is 4.66. The summed E-state index contributed by atoms with van der Waals surface area (Å²) in [7, 11) is 2.20. The van der Waals surface area contributed by atoms with Gasteiger partial charge in [-0.2, -0.15) is 5.10 Å². The van der Waals surface area contributed by atoms with Crippen LogP contribution >= 0.6 is 38.6 Å². The van der Waals surface area contributed by atoms with Crippen molar-refractivity contribution >= 4 is 64.3 Å². The third kappa shape index (κ3) is 2.93. The number of hydrogen-bond acceptors (Lipinski definition) is 7. The van der Waals surface area contributed by atoms with E-state index in [2.05, 4.69) is 69.4 Å². The van der Waals surface area contributed by atoms with E-state index in [-0.39, 0.29) is 11.1 Å². The Morgan fingerprint density at radius 2 is 1.83 bits per heavy atom. The van der Waals surface area contributed by atoms with Crippen LogP contribution in [-0.2, 0) is 0 Å². The molecule has 2 aliphatic heterocycles. The SMILES string of the molecule is CN(c1nc2sc(-c3ccc(Br)c4cn[nH]c34)nc2s1)[C@H]1C[C@]2(C)CC[C@](C)(C1)N2. The molecule has 0 radical (unpaired) electrons. The van der Waals surface area contributed by atoms with Gasteiger partial charge in [-0.25, -0.2) is 9.97 Å². The maximum atomic E-state index is 4.98. The molecule has 6 rings (SSSR count). The average Bonchev–Trinajstić information content (AvgIpc) is 3.43. The van der Waals surface area contributed by atoms with Crippen molar-refractivity contribution in [2.24, 2.45) is 0 Å². The summed E-state index contributed by atoms with van der Waals surface area (Å²) in [6.07, 6.45) is 6.71. The Kier molecular flexibility index (Phi) is 4.14. The lowest BCUT2D eigenvalue weighted by Crippen LogP contribution is -2.58. The van der Waals surface area contributed by atoms with Gasteiger partial charge in [-0.05, 0) is 51.7 Å². The number of nitrogens with one attached hydrogen (secondary N) is 2. The van der Waals surface area contributed by atoms with Crippen LogP contribution in [0.25, 0.3) is 31.1 Å². The van der Waals surface area contributed by atoms with Gasteiger partial charge in [0.05, 0.1) is 11.7 Å². The van der Waals surface area contributed by atoms with Gasteiger partial charge in [-0.3, -0.25) is 5.10 Å². The molecule has 156 valence electrons. The van der Waals surface area contributed by atoms with Crippen molar-refractivity contribution in [3.05, 3.63) is 22.8 Å². The molecule has 0 spiro atoms. The molecule has 1 aromatic carbocycles. The number of piperidine rings is 1. The number of aromatic amines is 1. The zero-order valence-electron chi connectivity index (χ0n) is 17.1. The number of halogens is 1. The number of anilines is 1. The Morgan fingerprint density at radius 3 is 2.57 bits per heavy atom. The van der Waals surface area contributed by atoms with E-state index in [9.17, 15) is 0 Å². The van der Waals surface area contributed by atoms with Gasteiger partial charge in [0.25, 0.3) is 0 Å². The average molecular weight is 503 g/mol. The molecule has 2 N–H and O–H groups in total. The molecule has 9 heteroatoms. The van der Waals surface area contributed by atoms with E-state index in [4.69, 9.17) is 9.97 Å². The normalized spacial score (nSPS) is 28.6. The molecule has 30 heavy (non-hydrogen) atoms. The third-order valence-electron chi connectivity index (χ3n) is 6.81. The van der Waals surface area contributed by atoms with Crippen molar-refractivity contribution in [1.82, 2.24) is 25.5 Å². The lowest BCUT2D eigenvalue weighted by atomic mass is 9.84. The third-order valence-corrected chi connectivity index (χ3v) is 9.65. The fourth-order valence-corrected chi connectivity index (χ4v) is 7.87. The van der Waals surface area contributed by atoms with Crippen LogP contribution in [0.3, 0.4) is 0 Å². The second-order valence-electron chi connectivity index (χ2n) is 9.30. The largest absolute Gasteiger partial charge is 0.348 e. The number of rotatable bonds is 3. The monoisotopic (exact) mass is 502 g/mol. The van der Waals surface area contributed by atoms with Gasteiger partial charge in [-0.1, -0.05) is 38.6 Å². The minimum absolute atomic E-state index is 0.253. The van der Waals surface area contributed by atoms with E-state index >= 15 is 0 Å². The van der Waals surface area contributed by atoms with Crippen molar-refractivity contribution in [1.29, 1.82) is 0 Å². The van der Waals surface area contributed by atoms with Gasteiger partial charge < -0.3 is 10.2 Å². The number of hydrogen-bond donors (Lipinski definition) is 2. The highest BCUT2D eigenvalue weighted by atomic mass is 79.9. The predicted octanol–water partition coefficient (Wildman–Crippen LogP) is 5.56. The summed E-state index contributed by atoms with van der Waals surface area (Å²) in [5, 5.41) is 14.3. The van der Waals surface area contributed by atoms with Crippen LogP contribution in [0.5, 0.6) is 0 Å². The van der Waals surface area contributed by atoms with Crippen molar-refractivity contribution in [2.75, 3.05) is 11.9 Å². The predicted molar refractivity (Wildman–Crippen MR) is 129 cm³/mol. The molecule has 3 aromatic heterocycles. The summed E-state index contributed by atoms with van der Waals surface area (Å²) >= 11 is 6.96. The molecular formula is C21H23BrN6S2. The van der Waals surface area contributed by atoms with Gasteiger partial charge in [0.1, 0.15) is 5.01 Å². The van der Waals surface area contributed by atoms with Gasteiger partial charge >= 0.3 is 0 Å². The fraction of sp³-hybridized carbons (Fsp3) is 0.476. The quantitative estimate of drug-likeness (QED) is 0.383. The molecular weight excluding hydrogens is 480 g/mol. The Bertz CT molecular complexity index is 1230. The van der Waals surface area contributed by atoms with E-state index in [1.807, 2.05) is 6.20 Å². The number of benzene rings is 1. The van der Waals surface area contributed by atoms with Crippen LogP contribution in [0.4, 0.5) is 5.13 Å². The van der Waals surface area contributed by atoms with E-state index in [1.54, 1.807) is 22.7 Å². The minimum Gasteiger partial charge on any atom is -0.348 e. The van der Waals surface area contributed by atoms with Crippen molar-refractivity contribution in [2.45, 2.75) is 56.7 Å².